The fourth-order valence-corrected chi connectivity index (χ4v) is 4.44. The molecule has 0 spiro atoms. The van der Waals surface area contributed by atoms with Crippen LogP contribution in [0.4, 0.5) is 11.4 Å². The van der Waals surface area contributed by atoms with Crippen molar-refractivity contribution in [2.24, 2.45) is 0 Å². The first-order valence-electron chi connectivity index (χ1n) is 10.8. The van der Waals surface area contributed by atoms with Gasteiger partial charge in [-0.15, -0.1) is 10.2 Å². The van der Waals surface area contributed by atoms with Crippen LogP contribution in [0.15, 0.2) is 64.2 Å². The smallest absolute Gasteiger partial charge is 0.270 e. The second-order valence-electron chi connectivity index (χ2n) is 7.68. The van der Waals surface area contributed by atoms with E-state index in [1.54, 1.807) is 25.1 Å². The number of carbonyl (C=O) groups is 1. The third-order valence-electron chi connectivity index (χ3n) is 5.56. The van der Waals surface area contributed by atoms with E-state index in [0.29, 0.717) is 39.2 Å². The highest BCUT2D eigenvalue weighted by molar-refractivity contribution is 7.98. The summed E-state index contributed by atoms with van der Waals surface area (Å²) in [4.78, 5) is 29.8. The number of nitrogens with zero attached hydrogens (tertiary/aromatic N) is 5. The van der Waals surface area contributed by atoms with Crippen molar-refractivity contribution in [1.29, 1.82) is 0 Å². The molecule has 0 radical (unpaired) electrons. The average molecular weight is 524 g/mol. The van der Waals surface area contributed by atoms with Gasteiger partial charge in [-0.2, -0.15) is 4.98 Å². The lowest BCUT2D eigenvalue weighted by molar-refractivity contribution is -0.384. The zero-order chi connectivity index (χ0) is 25.4. The minimum atomic E-state index is -1.00. The van der Waals surface area contributed by atoms with Gasteiger partial charge in [-0.1, -0.05) is 48.5 Å². The van der Waals surface area contributed by atoms with Crippen LogP contribution in [-0.2, 0) is 4.79 Å². The molecule has 0 unspecified atom stereocenters. The van der Waals surface area contributed by atoms with Crippen molar-refractivity contribution in [3.63, 3.8) is 0 Å². The number of amides is 1. The molecule has 5 rings (SSSR count). The number of rotatable bonds is 5. The summed E-state index contributed by atoms with van der Waals surface area (Å²) in [5.74, 6) is 0.683. The number of ether oxygens (including phenoxy) is 1. The molecular formula is C24H18ClN5O5S. The topological polar surface area (TPSA) is 124 Å². The van der Waals surface area contributed by atoms with Crippen molar-refractivity contribution in [3.05, 3.63) is 75.5 Å². The van der Waals surface area contributed by atoms with E-state index >= 15 is 0 Å². The Bertz CT molecular complexity index is 1490. The first-order valence-corrected chi connectivity index (χ1v) is 12.4. The van der Waals surface area contributed by atoms with Gasteiger partial charge < -0.3 is 9.15 Å². The number of hydrogen-bond donors (Lipinski definition) is 0. The minimum Gasteiger partial charge on any atom is -0.455 e. The van der Waals surface area contributed by atoms with Crippen molar-refractivity contribution >= 4 is 40.6 Å². The van der Waals surface area contributed by atoms with E-state index in [1.807, 2.05) is 24.5 Å². The molecule has 36 heavy (non-hydrogen) atoms. The number of aromatic nitrogens is 3. The highest BCUT2D eigenvalue weighted by Crippen LogP contribution is 2.44. The zero-order valence-corrected chi connectivity index (χ0v) is 20.6. The summed E-state index contributed by atoms with van der Waals surface area (Å²) in [5, 5.41) is 20.1. The van der Waals surface area contributed by atoms with Gasteiger partial charge >= 0.3 is 0 Å². The van der Waals surface area contributed by atoms with Crippen LogP contribution in [0.25, 0.3) is 22.6 Å². The van der Waals surface area contributed by atoms with E-state index in [0.717, 1.165) is 0 Å². The normalized spacial score (nSPS) is 14.4. The molecule has 2 aromatic heterocycles. The lowest BCUT2D eigenvalue weighted by Gasteiger charge is -2.29. The number of carbonyl (C=O) groups excluding carboxylic acids is 1. The Morgan fingerprint density at radius 2 is 1.97 bits per heavy atom. The van der Waals surface area contributed by atoms with Gasteiger partial charge in [-0.25, -0.2) is 0 Å². The van der Waals surface area contributed by atoms with Gasteiger partial charge in [0, 0.05) is 29.7 Å². The zero-order valence-electron chi connectivity index (χ0n) is 19.0. The van der Waals surface area contributed by atoms with Crippen LogP contribution >= 0.6 is 23.4 Å². The molecule has 10 nitrogen and oxygen atoms in total. The van der Waals surface area contributed by atoms with Crippen LogP contribution in [0.1, 0.15) is 25.3 Å². The van der Waals surface area contributed by atoms with E-state index in [-0.39, 0.29) is 28.9 Å². The first kappa shape index (κ1) is 23.8. The molecule has 1 atom stereocenters. The average Bonchev–Trinajstić information content (AvgIpc) is 3.32. The summed E-state index contributed by atoms with van der Waals surface area (Å²) in [5.41, 5.74) is 1.96. The molecule has 2 aromatic carbocycles. The maximum atomic E-state index is 13.2. The van der Waals surface area contributed by atoms with Crippen molar-refractivity contribution in [3.8, 4) is 28.5 Å². The fraction of sp³-hybridized carbons (Fsp3) is 0.167. The van der Waals surface area contributed by atoms with Crippen LogP contribution in [0.5, 0.6) is 5.88 Å². The van der Waals surface area contributed by atoms with Crippen LogP contribution in [0.3, 0.4) is 0 Å². The number of hydrogen-bond acceptors (Lipinski definition) is 9. The maximum Gasteiger partial charge on any atom is 0.270 e. The number of fused-ring (bicyclic) bond motifs is 3. The molecule has 182 valence electrons. The number of halogens is 1. The summed E-state index contributed by atoms with van der Waals surface area (Å²) in [6, 6.07) is 14.7. The molecule has 1 aliphatic rings. The molecule has 0 N–H and O–H groups in total. The molecule has 3 heterocycles. The number of benzene rings is 2. The van der Waals surface area contributed by atoms with E-state index in [1.165, 1.54) is 34.9 Å². The Balaban J connectivity index is 1.65. The number of non-ortho nitro benzene ring substituents is 1. The standard InChI is InChI=1S/C24H18ClN5O5S/c1-3-20(31)29-17-7-5-4-6-15(17)21-22(26-24(36-2)28-27-21)35-23(29)19-11-10-18(34-19)14-9-8-13(30(32)33)12-16(14)25/h4-12,23H,3H2,1-2H3/t23-/m0/s1. The van der Waals surface area contributed by atoms with E-state index in [9.17, 15) is 14.9 Å². The Labute approximate surface area is 214 Å². The highest BCUT2D eigenvalue weighted by atomic mass is 35.5. The first-order chi connectivity index (χ1) is 17.4. The predicted octanol–water partition coefficient (Wildman–Crippen LogP) is 5.92. The fourth-order valence-electron chi connectivity index (χ4n) is 3.87. The van der Waals surface area contributed by atoms with Crippen molar-refractivity contribution in [1.82, 2.24) is 15.2 Å². The quantitative estimate of drug-likeness (QED) is 0.178. The molecule has 4 aromatic rings. The van der Waals surface area contributed by atoms with E-state index in [4.69, 9.17) is 20.8 Å². The summed E-state index contributed by atoms with van der Waals surface area (Å²) in [6.45, 7) is 1.76. The van der Waals surface area contributed by atoms with Crippen molar-refractivity contribution in [2.45, 2.75) is 24.7 Å². The second kappa shape index (κ2) is 9.59. The van der Waals surface area contributed by atoms with Crippen LogP contribution in [0.2, 0.25) is 5.02 Å². The van der Waals surface area contributed by atoms with Crippen LogP contribution in [0, 0.1) is 10.1 Å². The van der Waals surface area contributed by atoms with E-state index < -0.39 is 11.2 Å². The number of anilines is 1. The van der Waals surface area contributed by atoms with Gasteiger partial charge in [0.1, 0.15) is 5.76 Å². The van der Waals surface area contributed by atoms with Crippen molar-refractivity contribution < 1.29 is 18.9 Å². The van der Waals surface area contributed by atoms with Crippen molar-refractivity contribution in [2.75, 3.05) is 11.2 Å². The molecule has 12 heteroatoms. The Morgan fingerprint density at radius 3 is 2.69 bits per heavy atom. The molecule has 0 saturated carbocycles. The lowest BCUT2D eigenvalue weighted by Crippen LogP contribution is -2.37. The van der Waals surface area contributed by atoms with Crippen LogP contribution < -0.4 is 9.64 Å². The van der Waals surface area contributed by atoms with E-state index in [2.05, 4.69) is 15.2 Å². The predicted molar refractivity (Wildman–Crippen MR) is 134 cm³/mol. The summed E-state index contributed by atoms with van der Waals surface area (Å²) in [6.07, 6.45) is 1.03. The molecule has 0 fully saturated rings. The van der Waals surface area contributed by atoms with Gasteiger partial charge in [0.05, 0.1) is 15.6 Å². The summed E-state index contributed by atoms with van der Waals surface area (Å²) >= 11 is 7.62. The largest absolute Gasteiger partial charge is 0.455 e. The molecule has 0 saturated heterocycles. The number of nitro groups is 1. The Morgan fingerprint density at radius 1 is 1.17 bits per heavy atom. The Kier molecular flexibility index (Phi) is 6.33. The summed E-state index contributed by atoms with van der Waals surface area (Å²) < 4.78 is 12.4. The van der Waals surface area contributed by atoms with Gasteiger partial charge in [0.25, 0.3) is 5.69 Å². The van der Waals surface area contributed by atoms with Gasteiger partial charge in [-0.05, 0) is 30.5 Å². The minimum absolute atomic E-state index is 0.132. The SMILES string of the molecule is CCC(=O)N1c2ccccc2-c2nnc(SC)nc2O[C@H]1c1ccc(-c2ccc([N+](=O)[O-])cc2Cl)o1. The molecule has 0 aliphatic carbocycles. The number of nitro benzene ring substituents is 1. The third-order valence-corrected chi connectivity index (χ3v) is 6.42. The molecule has 1 amide bonds. The lowest BCUT2D eigenvalue weighted by atomic mass is 10.1. The number of para-hydroxylation sites is 1. The maximum absolute atomic E-state index is 13.2. The second-order valence-corrected chi connectivity index (χ2v) is 8.86. The van der Waals surface area contributed by atoms with Gasteiger partial charge in [-0.3, -0.25) is 19.8 Å². The molecular weight excluding hydrogens is 506 g/mol. The number of thioether (sulfide) groups is 1. The van der Waals surface area contributed by atoms with Gasteiger partial charge in [0.2, 0.25) is 23.2 Å². The Hall–Kier alpha value is -3.96. The summed E-state index contributed by atoms with van der Waals surface area (Å²) in [7, 11) is 0. The monoisotopic (exact) mass is 523 g/mol. The van der Waals surface area contributed by atoms with Gasteiger partial charge in [0.15, 0.2) is 11.5 Å². The highest BCUT2D eigenvalue weighted by Gasteiger charge is 2.37. The third kappa shape index (κ3) is 4.16. The molecule has 1 aliphatic heterocycles. The van der Waals surface area contributed by atoms with Crippen LogP contribution in [-0.4, -0.2) is 32.3 Å². The number of furan rings is 1. The molecule has 0 bridgehead atoms.